The van der Waals surface area contributed by atoms with Crippen molar-refractivity contribution in [2.24, 2.45) is 0 Å². The summed E-state index contributed by atoms with van der Waals surface area (Å²) in [5.74, 6) is 0.567. The lowest BCUT2D eigenvalue weighted by atomic mass is 10.3. The van der Waals surface area contributed by atoms with Gasteiger partial charge in [-0.2, -0.15) is 11.8 Å². The van der Waals surface area contributed by atoms with Gasteiger partial charge in [0.2, 0.25) is 0 Å². The van der Waals surface area contributed by atoms with Crippen molar-refractivity contribution < 1.29 is 14.3 Å². The van der Waals surface area contributed by atoms with Gasteiger partial charge in [0.15, 0.2) is 6.10 Å². The average molecular weight is 418 g/mol. The Morgan fingerprint density at radius 1 is 1.21 bits per heavy atom. The molecular weight excluding hydrogens is 398 g/mol. The Kier molecular flexibility index (Phi) is 6.59. The lowest BCUT2D eigenvalue weighted by Gasteiger charge is -2.15. The second-order valence-electron chi connectivity index (χ2n) is 6.16. The normalized spacial score (nSPS) is 12.0. The van der Waals surface area contributed by atoms with Crippen LogP contribution in [-0.2, 0) is 26.6 Å². The lowest BCUT2D eigenvalue weighted by Crippen LogP contribution is -2.31. The number of nitrogens with zero attached hydrogens (tertiary/aromatic N) is 2. The number of rotatable bonds is 7. The van der Waals surface area contributed by atoms with Crippen molar-refractivity contribution in [1.29, 1.82) is 0 Å². The zero-order valence-electron chi connectivity index (χ0n) is 15.5. The number of benzene rings is 2. The Bertz CT molecular complexity index is 988. The van der Waals surface area contributed by atoms with Crippen molar-refractivity contribution in [1.82, 2.24) is 9.55 Å². The molecule has 0 aliphatic carbocycles. The first-order valence-corrected chi connectivity index (χ1v) is 10.4. The van der Waals surface area contributed by atoms with Crippen molar-refractivity contribution in [3.8, 4) is 0 Å². The first kappa shape index (κ1) is 20.2. The minimum atomic E-state index is -0.929. The molecular formula is C20H20ClN3O3S. The molecule has 1 amide bonds. The zero-order chi connectivity index (χ0) is 20.1. The number of hydrogen-bond donors (Lipinski definition) is 1. The average Bonchev–Trinajstić information content (AvgIpc) is 3.01. The molecule has 0 fully saturated rings. The van der Waals surface area contributed by atoms with Crippen LogP contribution in [0.3, 0.4) is 0 Å². The number of ether oxygens (including phenoxy) is 1. The van der Waals surface area contributed by atoms with Crippen molar-refractivity contribution in [3.05, 3.63) is 59.4 Å². The molecule has 8 heteroatoms. The summed E-state index contributed by atoms with van der Waals surface area (Å²) in [4.78, 5) is 29.3. The summed E-state index contributed by atoms with van der Waals surface area (Å²) >= 11 is 7.46. The van der Waals surface area contributed by atoms with Crippen LogP contribution in [0, 0.1) is 0 Å². The maximum absolute atomic E-state index is 12.4. The third-order valence-electron chi connectivity index (χ3n) is 4.08. The third kappa shape index (κ3) is 4.85. The summed E-state index contributed by atoms with van der Waals surface area (Å²) in [6.45, 7) is 1.53. The SMILES string of the molecule is CSCc1nc2ccccc2n1CC(=O)O[C@H](C)C(=O)Nc1ccc(Cl)cc1. The molecule has 2 aromatic carbocycles. The molecule has 6 nitrogen and oxygen atoms in total. The number of aromatic nitrogens is 2. The standard InChI is InChI=1S/C20H20ClN3O3S/c1-13(20(26)22-15-9-7-14(21)8-10-15)27-19(25)11-24-17-6-4-3-5-16(17)23-18(24)12-28-2/h3-10,13H,11-12H2,1-2H3,(H,22,26)/t13-/m1/s1. The van der Waals surface area contributed by atoms with Gasteiger partial charge in [-0.15, -0.1) is 0 Å². The zero-order valence-corrected chi connectivity index (χ0v) is 17.1. The number of imidazole rings is 1. The van der Waals surface area contributed by atoms with E-state index in [0.717, 1.165) is 16.9 Å². The van der Waals surface area contributed by atoms with Crippen molar-refractivity contribution in [3.63, 3.8) is 0 Å². The van der Waals surface area contributed by atoms with Gasteiger partial charge in [0.1, 0.15) is 12.4 Å². The second-order valence-corrected chi connectivity index (χ2v) is 7.47. The largest absolute Gasteiger partial charge is 0.451 e. The van der Waals surface area contributed by atoms with Crippen LogP contribution >= 0.6 is 23.4 Å². The van der Waals surface area contributed by atoms with E-state index in [1.54, 1.807) is 36.0 Å². The number of anilines is 1. The molecule has 0 radical (unpaired) electrons. The summed E-state index contributed by atoms with van der Waals surface area (Å²) in [5, 5.41) is 3.27. The van der Waals surface area contributed by atoms with E-state index in [1.165, 1.54) is 6.92 Å². The summed E-state index contributed by atoms with van der Waals surface area (Å²) in [6.07, 6.45) is 1.05. The van der Waals surface area contributed by atoms with Gasteiger partial charge in [-0.25, -0.2) is 4.98 Å². The molecule has 1 heterocycles. The van der Waals surface area contributed by atoms with E-state index < -0.39 is 18.0 Å². The van der Waals surface area contributed by atoms with Gasteiger partial charge in [0, 0.05) is 10.7 Å². The highest BCUT2D eigenvalue weighted by Crippen LogP contribution is 2.19. The van der Waals surface area contributed by atoms with Crippen molar-refractivity contribution >= 4 is 52.0 Å². The number of thioether (sulfide) groups is 1. The molecule has 0 saturated heterocycles. The molecule has 0 aliphatic rings. The third-order valence-corrected chi connectivity index (χ3v) is 4.88. The topological polar surface area (TPSA) is 73.2 Å². The number of fused-ring (bicyclic) bond motifs is 1. The van der Waals surface area contributed by atoms with Gasteiger partial charge in [-0.3, -0.25) is 9.59 Å². The Morgan fingerprint density at radius 2 is 1.93 bits per heavy atom. The quantitative estimate of drug-likeness (QED) is 0.585. The molecule has 28 heavy (non-hydrogen) atoms. The Labute approximate surface area is 172 Å². The van der Waals surface area contributed by atoms with Crippen LogP contribution in [0.2, 0.25) is 5.02 Å². The Morgan fingerprint density at radius 3 is 2.64 bits per heavy atom. The van der Waals surface area contributed by atoms with Gasteiger partial charge < -0.3 is 14.6 Å². The Balaban J connectivity index is 1.66. The number of carbonyl (C=O) groups excluding carboxylic acids is 2. The summed E-state index contributed by atoms with van der Waals surface area (Å²) < 4.78 is 7.16. The van der Waals surface area contributed by atoms with E-state index in [2.05, 4.69) is 10.3 Å². The molecule has 0 saturated carbocycles. The minimum absolute atomic E-state index is 0.00499. The van der Waals surface area contributed by atoms with Gasteiger partial charge >= 0.3 is 5.97 Å². The maximum atomic E-state index is 12.4. The fourth-order valence-electron chi connectivity index (χ4n) is 2.74. The molecule has 3 aromatic rings. The summed E-state index contributed by atoms with van der Waals surface area (Å²) in [6, 6.07) is 14.3. The van der Waals surface area contributed by atoms with E-state index in [1.807, 2.05) is 35.1 Å². The number of amides is 1. The van der Waals surface area contributed by atoms with Crippen LogP contribution in [0.4, 0.5) is 5.69 Å². The predicted molar refractivity (Wildman–Crippen MR) is 113 cm³/mol. The first-order chi connectivity index (χ1) is 13.5. The van der Waals surface area contributed by atoms with Crippen LogP contribution in [0.15, 0.2) is 48.5 Å². The number of nitrogens with one attached hydrogen (secondary N) is 1. The molecule has 3 rings (SSSR count). The summed E-state index contributed by atoms with van der Waals surface area (Å²) in [7, 11) is 0. The molecule has 0 bridgehead atoms. The van der Waals surface area contributed by atoms with Gasteiger partial charge in [-0.1, -0.05) is 23.7 Å². The fourth-order valence-corrected chi connectivity index (χ4v) is 3.34. The van der Waals surface area contributed by atoms with Gasteiger partial charge in [-0.05, 0) is 49.6 Å². The smallest absolute Gasteiger partial charge is 0.326 e. The predicted octanol–water partition coefficient (Wildman–Crippen LogP) is 4.12. The number of carbonyl (C=O) groups is 2. The van der Waals surface area contributed by atoms with E-state index in [4.69, 9.17) is 16.3 Å². The number of esters is 1. The van der Waals surface area contributed by atoms with Crippen molar-refractivity contribution in [2.75, 3.05) is 11.6 Å². The van der Waals surface area contributed by atoms with Crippen LogP contribution in [0.5, 0.6) is 0 Å². The van der Waals surface area contributed by atoms with Crippen LogP contribution < -0.4 is 5.32 Å². The van der Waals surface area contributed by atoms with Gasteiger partial charge in [0.05, 0.1) is 16.8 Å². The number of halogens is 1. The van der Waals surface area contributed by atoms with Crippen LogP contribution in [-0.4, -0.2) is 33.8 Å². The van der Waals surface area contributed by atoms with E-state index >= 15 is 0 Å². The number of para-hydroxylation sites is 2. The molecule has 0 spiro atoms. The Hall–Kier alpha value is -2.51. The number of hydrogen-bond acceptors (Lipinski definition) is 5. The van der Waals surface area contributed by atoms with E-state index in [9.17, 15) is 9.59 Å². The molecule has 0 unspecified atom stereocenters. The van der Waals surface area contributed by atoms with Crippen LogP contribution in [0.1, 0.15) is 12.7 Å². The molecule has 0 aliphatic heterocycles. The maximum Gasteiger partial charge on any atom is 0.326 e. The highest BCUT2D eigenvalue weighted by molar-refractivity contribution is 7.97. The fraction of sp³-hybridized carbons (Fsp3) is 0.250. The highest BCUT2D eigenvalue weighted by atomic mass is 35.5. The molecule has 1 aromatic heterocycles. The van der Waals surface area contributed by atoms with Crippen LogP contribution in [0.25, 0.3) is 11.0 Å². The van der Waals surface area contributed by atoms with Gasteiger partial charge in [0.25, 0.3) is 5.91 Å². The minimum Gasteiger partial charge on any atom is -0.451 e. The van der Waals surface area contributed by atoms with E-state index in [-0.39, 0.29) is 6.54 Å². The summed E-state index contributed by atoms with van der Waals surface area (Å²) in [5.41, 5.74) is 2.27. The molecule has 1 N–H and O–H groups in total. The second kappa shape index (κ2) is 9.12. The monoisotopic (exact) mass is 417 g/mol. The lowest BCUT2D eigenvalue weighted by molar-refractivity contribution is -0.153. The van der Waals surface area contributed by atoms with Crippen molar-refractivity contribution in [2.45, 2.75) is 25.3 Å². The molecule has 1 atom stereocenters. The first-order valence-electron chi connectivity index (χ1n) is 8.67. The highest BCUT2D eigenvalue weighted by Gasteiger charge is 2.20. The van der Waals surface area contributed by atoms with E-state index in [0.29, 0.717) is 16.5 Å². The molecule has 146 valence electrons.